The van der Waals surface area contributed by atoms with E-state index in [1.54, 1.807) is 12.1 Å². The summed E-state index contributed by atoms with van der Waals surface area (Å²) >= 11 is 0. The van der Waals surface area contributed by atoms with Crippen molar-refractivity contribution in [1.82, 2.24) is 0 Å². The number of benzene rings is 4. The lowest BCUT2D eigenvalue weighted by Crippen LogP contribution is -2.41. The Hall–Kier alpha value is -3.34. The van der Waals surface area contributed by atoms with Crippen LogP contribution in [0.1, 0.15) is 16.7 Å². The van der Waals surface area contributed by atoms with Gasteiger partial charge in [0.05, 0.1) is 0 Å². The molecule has 0 amide bonds. The van der Waals surface area contributed by atoms with Crippen molar-refractivity contribution in [3.8, 4) is 5.75 Å². The van der Waals surface area contributed by atoms with Crippen molar-refractivity contribution in [2.45, 2.75) is 5.60 Å². The highest BCUT2D eigenvalue weighted by Gasteiger charge is 2.42. The van der Waals surface area contributed by atoms with Crippen LogP contribution in [0.3, 0.4) is 0 Å². The normalized spacial score (nSPS) is 11.1. The molecule has 0 fully saturated rings. The van der Waals surface area contributed by atoms with Gasteiger partial charge in [0.1, 0.15) is 11.4 Å². The molecule has 29 heavy (non-hydrogen) atoms. The van der Waals surface area contributed by atoms with Crippen LogP contribution in [0.5, 0.6) is 5.75 Å². The number of para-hydroxylation sites is 1. The molecule has 0 atom stereocenters. The van der Waals surface area contributed by atoms with Gasteiger partial charge in [-0.1, -0.05) is 109 Å². The lowest BCUT2D eigenvalue weighted by molar-refractivity contribution is 0.0865. The monoisotopic (exact) mass is 380 g/mol. The summed E-state index contributed by atoms with van der Waals surface area (Å²) in [7, 11) is -1.47. The summed E-state index contributed by atoms with van der Waals surface area (Å²) < 4.78 is 12.0. The van der Waals surface area contributed by atoms with Gasteiger partial charge in [-0.05, 0) is 28.8 Å². The molecule has 4 rings (SSSR count). The Bertz CT molecular complexity index is 912. The van der Waals surface area contributed by atoms with Crippen molar-refractivity contribution in [2.24, 2.45) is 0 Å². The Morgan fingerprint density at radius 3 is 1.24 bits per heavy atom. The summed E-state index contributed by atoms with van der Waals surface area (Å²) in [5, 5.41) is 10.8. The van der Waals surface area contributed by atoms with Crippen LogP contribution >= 0.6 is 0 Å². The van der Waals surface area contributed by atoms with Gasteiger partial charge in [-0.2, -0.15) is 0 Å². The standard InChI is InChI=1S/C25H21BO3/c27-26(28-24-19-11-4-12-20-24)29-25(21-13-5-1-6-14-21,22-15-7-2-8-16-22)23-17-9-3-10-18-23/h1-20,27H. The van der Waals surface area contributed by atoms with E-state index in [2.05, 4.69) is 0 Å². The zero-order valence-electron chi connectivity index (χ0n) is 15.9. The van der Waals surface area contributed by atoms with Gasteiger partial charge in [-0.15, -0.1) is 0 Å². The molecule has 0 heterocycles. The van der Waals surface area contributed by atoms with E-state index in [4.69, 9.17) is 9.31 Å². The second-order valence-corrected chi connectivity index (χ2v) is 6.64. The van der Waals surface area contributed by atoms with Crippen molar-refractivity contribution in [3.63, 3.8) is 0 Å². The molecule has 3 nitrogen and oxygen atoms in total. The molecule has 4 aromatic rings. The van der Waals surface area contributed by atoms with Crippen molar-refractivity contribution < 1.29 is 14.3 Å². The minimum atomic E-state index is -1.47. The van der Waals surface area contributed by atoms with Crippen molar-refractivity contribution in [1.29, 1.82) is 0 Å². The quantitative estimate of drug-likeness (QED) is 0.360. The Balaban J connectivity index is 1.83. The highest BCUT2D eigenvalue weighted by molar-refractivity contribution is 6.36. The highest BCUT2D eigenvalue weighted by atomic mass is 16.7. The fourth-order valence-corrected chi connectivity index (χ4v) is 3.51. The lowest BCUT2D eigenvalue weighted by atomic mass is 9.79. The van der Waals surface area contributed by atoms with Gasteiger partial charge < -0.3 is 14.3 Å². The predicted octanol–water partition coefficient (Wildman–Crippen LogP) is 5.05. The molecule has 4 heteroatoms. The van der Waals surface area contributed by atoms with Gasteiger partial charge in [-0.3, -0.25) is 0 Å². The smallest absolute Gasteiger partial charge is 0.512 e. The molecule has 0 bridgehead atoms. The van der Waals surface area contributed by atoms with Gasteiger partial charge in [-0.25, -0.2) is 0 Å². The van der Waals surface area contributed by atoms with Crippen LogP contribution in [0.4, 0.5) is 0 Å². The summed E-state index contributed by atoms with van der Waals surface area (Å²) in [6.45, 7) is 0. The summed E-state index contributed by atoms with van der Waals surface area (Å²) in [5.41, 5.74) is 1.65. The second-order valence-electron chi connectivity index (χ2n) is 6.64. The minimum Gasteiger partial charge on any atom is -0.512 e. The van der Waals surface area contributed by atoms with Crippen molar-refractivity contribution in [2.75, 3.05) is 0 Å². The molecule has 0 aliphatic rings. The molecule has 0 aliphatic carbocycles. The molecule has 1 N–H and O–H groups in total. The van der Waals surface area contributed by atoms with E-state index >= 15 is 0 Å². The maximum absolute atomic E-state index is 10.8. The number of hydrogen-bond donors (Lipinski definition) is 1. The largest absolute Gasteiger partial charge is 0.711 e. The fraction of sp³-hybridized carbons (Fsp3) is 0.0400. The first-order valence-electron chi connectivity index (χ1n) is 9.53. The first kappa shape index (κ1) is 19.0. The van der Waals surface area contributed by atoms with Crippen LogP contribution in [-0.4, -0.2) is 12.3 Å². The average molecular weight is 380 g/mol. The molecule has 142 valence electrons. The second kappa shape index (κ2) is 8.78. The zero-order chi connectivity index (χ0) is 19.9. The Morgan fingerprint density at radius 2 is 0.862 bits per heavy atom. The molecule has 0 saturated carbocycles. The van der Waals surface area contributed by atoms with Crippen LogP contribution in [0.2, 0.25) is 0 Å². The molecule has 0 aliphatic heterocycles. The average Bonchev–Trinajstić information content (AvgIpc) is 2.80. The fourth-order valence-electron chi connectivity index (χ4n) is 3.51. The SMILES string of the molecule is OB(Oc1ccccc1)OC(c1ccccc1)(c1ccccc1)c1ccccc1. The molecular weight excluding hydrogens is 359 g/mol. The maximum atomic E-state index is 10.8. The van der Waals surface area contributed by atoms with Gasteiger partial charge >= 0.3 is 7.32 Å². The molecule has 0 radical (unpaired) electrons. The summed E-state index contributed by atoms with van der Waals surface area (Å²) in [6.07, 6.45) is 0. The molecule has 0 saturated heterocycles. The van der Waals surface area contributed by atoms with Gasteiger partial charge in [0.25, 0.3) is 0 Å². The summed E-state index contributed by atoms with van der Waals surface area (Å²) in [5.74, 6) is 0.531. The Kier molecular flexibility index (Phi) is 5.75. The first-order chi connectivity index (χ1) is 14.3. The van der Waals surface area contributed by atoms with Crippen LogP contribution in [0.25, 0.3) is 0 Å². The number of rotatable bonds is 7. The first-order valence-corrected chi connectivity index (χ1v) is 9.53. The van der Waals surface area contributed by atoms with Gasteiger partial charge in [0.15, 0.2) is 0 Å². The third kappa shape index (κ3) is 4.09. The van der Waals surface area contributed by atoms with Crippen LogP contribution in [-0.2, 0) is 10.3 Å². The molecule has 4 aromatic carbocycles. The summed E-state index contributed by atoms with van der Waals surface area (Å²) in [6, 6.07) is 38.8. The Labute approximate surface area is 171 Å². The predicted molar refractivity (Wildman–Crippen MR) is 115 cm³/mol. The molecular formula is C25H21BO3. The van der Waals surface area contributed by atoms with Crippen LogP contribution < -0.4 is 4.65 Å². The van der Waals surface area contributed by atoms with E-state index in [1.165, 1.54) is 0 Å². The maximum Gasteiger partial charge on any atom is 0.711 e. The van der Waals surface area contributed by atoms with Crippen molar-refractivity contribution in [3.05, 3.63) is 138 Å². The Morgan fingerprint density at radius 1 is 0.517 bits per heavy atom. The van der Waals surface area contributed by atoms with E-state index in [9.17, 15) is 5.02 Å². The van der Waals surface area contributed by atoms with E-state index in [1.807, 2.05) is 109 Å². The van der Waals surface area contributed by atoms with E-state index in [0.717, 1.165) is 16.7 Å². The van der Waals surface area contributed by atoms with E-state index in [0.29, 0.717) is 5.75 Å². The summed E-state index contributed by atoms with van der Waals surface area (Å²) in [4.78, 5) is 0. The third-order valence-electron chi connectivity index (χ3n) is 4.80. The van der Waals surface area contributed by atoms with Crippen LogP contribution in [0, 0.1) is 0 Å². The van der Waals surface area contributed by atoms with E-state index < -0.39 is 12.9 Å². The lowest BCUT2D eigenvalue weighted by Gasteiger charge is -2.36. The van der Waals surface area contributed by atoms with Gasteiger partial charge in [0, 0.05) is 0 Å². The third-order valence-corrected chi connectivity index (χ3v) is 4.80. The molecule has 0 aromatic heterocycles. The molecule has 0 unspecified atom stereocenters. The van der Waals surface area contributed by atoms with E-state index in [-0.39, 0.29) is 0 Å². The minimum absolute atomic E-state index is 0.531. The highest BCUT2D eigenvalue weighted by Crippen LogP contribution is 2.40. The van der Waals surface area contributed by atoms with Crippen LogP contribution in [0.15, 0.2) is 121 Å². The van der Waals surface area contributed by atoms with Crippen molar-refractivity contribution >= 4 is 7.32 Å². The van der Waals surface area contributed by atoms with Gasteiger partial charge in [0.2, 0.25) is 0 Å². The topological polar surface area (TPSA) is 38.7 Å². The zero-order valence-corrected chi connectivity index (χ0v) is 15.9. The molecule has 0 spiro atoms. The number of hydrogen-bond acceptors (Lipinski definition) is 3.